The molecule has 5 heteroatoms. The fourth-order valence-corrected chi connectivity index (χ4v) is 2.96. The number of methoxy groups -OCH3 is 2. The highest BCUT2D eigenvalue weighted by Gasteiger charge is 2.07. The number of carbonyl (C=O) groups is 1. The van der Waals surface area contributed by atoms with Gasteiger partial charge >= 0.3 is 0 Å². The molecule has 0 heterocycles. The highest BCUT2D eigenvalue weighted by atomic mass is 35.5. The molecule has 4 nitrogen and oxygen atoms in total. The van der Waals surface area contributed by atoms with Gasteiger partial charge in [-0.1, -0.05) is 41.9 Å². The highest BCUT2D eigenvalue weighted by molar-refractivity contribution is 6.30. The number of rotatable bonds is 8. The summed E-state index contributed by atoms with van der Waals surface area (Å²) in [5, 5.41) is 0.613. The molecule has 148 valence electrons. The fraction of sp³-hybridized carbons (Fsp3) is 0.125. The first-order valence-corrected chi connectivity index (χ1v) is 9.38. The van der Waals surface area contributed by atoms with E-state index in [1.54, 1.807) is 56.7 Å². The van der Waals surface area contributed by atoms with Gasteiger partial charge in [0.2, 0.25) is 0 Å². The van der Waals surface area contributed by atoms with Crippen LogP contribution in [0.1, 0.15) is 21.5 Å². The molecule has 0 aromatic heterocycles. The topological polar surface area (TPSA) is 44.8 Å². The average Bonchev–Trinajstić information content (AvgIpc) is 2.76. The van der Waals surface area contributed by atoms with Crippen molar-refractivity contribution in [3.05, 3.63) is 94.5 Å². The molecule has 0 unspecified atom stereocenters. The highest BCUT2D eigenvalue weighted by Crippen LogP contribution is 2.24. The number of allylic oxidation sites excluding steroid dienone is 1. The zero-order chi connectivity index (χ0) is 20.6. The molecule has 0 aliphatic carbocycles. The van der Waals surface area contributed by atoms with Gasteiger partial charge in [-0.15, -0.1) is 0 Å². The van der Waals surface area contributed by atoms with E-state index in [2.05, 4.69) is 0 Å². The molecule has 0 bridgehead atoms. The minimum absolute atomic E-state index is 0.101. The Labute approximate surface area is 175 Å². The molecular formula is C24H21ClO4. The van der Waals surface area contributed by atoms with Crippen LogP contribution in [0.2, 0.25) is 5.02 Å². The van der Waals surface area contributed by atoms with E-state index >= 15 is 0 Å². The summed E-state index contributed by atoms with van der Waals surface area (Å²) < 4.78 is 16.4. The van der Waals surface area contributed by atoms with Gasteiger partial charge in [-0.25, -0.2) is 0 Å². The molecule has 29 heavy (non-hydrogen) atoms. The Balaban J connectivity index is 1.75. The molecule has 0 atom stereocenters. The smallest absolute Gasteiger partial charge is 0.185 e. The Morgan fingerprint density at radius 3 is 2.48 bits per heavy atom. The van der Waals surface area contributed by atoms with Crippen LogP contribution in [0.3, 0.4) is 0 Å². The monoisotopic (exact) mass is 408 g/mol. The molecule has 0 spiro atoms. The van der Waals surface area contributed by atoms with Gasteiger partial charge in [0.15, 0.2) is 5.78 Å². The Bertz CT molecular complexity index is 1030. The summed E-state index contributed by atoms with van der Waals surface area (Å²) in [6.07, 6.45) is 3.31. The van der Waals surface area contributed by atoms with Crippen LogP contribution in [0.5, 0.6) is 17.2 Å². The maximum absolute atomic E-state index is 12.4. The molecule has 0 amide bonds. The third-order valence-corrected chi connectivity index (χ3v) is 4.51. The van der Waals surface area contributed by atoms with Gasteiger partial charge in [0.1, 0.15) is 23.9 Å². The van der Waals surface area contributed by atoms with Crippen LogP contribution in [-0.4, -0.2) is 20.0 Å². The lowest BCUT2D eigenvalue weighted by molar-refractivity contribution is 0.104. The lowest BCUT2D eigenvalue weighted by atomic mass is 10.1. The van der Waals surface area contributed by atoms with Crippen molar-refractivity contribution >= 4 is 23.5 Å². The van der Waals surface area contributed by atoms with E-state index in [0.717, 1.165) is 11.1 Å². The van der Waals surface area contributed by atoms with Crippen molar-refractivity contribution in [2.45, 2.75) is 6.61 Å². The van der Waals surface area contributed by atoms with Crippen LogP contribution in [0.4, 0.5) is 0 Å². The lowest BCUT2D eigenvalue weighted by Gasteiger charge is -2.11. The summed E-state index contributed by atoms with van der Waals surface area (Å²) in [5.74, 6) is 1.93. The Kier molecular flexibility index (Phi) is 6.93. The second-order valence-corrected chi connectivity index (χ2v) is 6.68. The van der Waals surface area contributed by atoms with Crippen molar-refractivity contribution in [2.75, 3.05) is 14.2 Å². The second kappa shape index (κ2) is 9.80. The number of benzene rings is 3. The minimum Gasteiger partial charge on any atom is -0.497 e. The van der Waals surface area contributed by atoms with Gasteiger partial charge in [0, 0.05) is 16.1 Å². The van der Waals surface area contributed by atoms with E-state index in [1.165, 1.54) is 6.08 Å². The fourth-order valence-electron chi connectivity index (χ4n) is 2.78. The Morgan fingerprint density at radius 1 is 0.931 bits per heavy atom. The van der Waals surface area contributed by atoms with E-state index in [9.17, 15) is 4.79 Å². The summed E-state index contributed by atoms with van der Waals surface area (Å²) in [6.45, 7) is 0.315. The number of halogens is 1. The third kappa shape index (κ3) is 5.62. The molecule has 0 fully saturated rings. The molecule has 3 rings (SSSR count). The van der Waals surface area contributed by atoms with Crippen LogP contribution < -0.4 is 14.2 Å². The number of hydrogen-bond acceptors (Lipinski definition) is 4. The van der Waals surface area contributed by atoms with Crippen molar-refractivity contribution in [2.24, 2.45) is 0 Å². The molecule has 3 aromatic rings. The average molecular weight is 409 g/mol. The van der Waals surface area contributed by atoms with E-state index < -0.39 is 0 Å². The van der Waals surface area contributed by atoms with E-state index in [4.69, 9.17) is 25.8 Å². The summed E-state index contributed by atoms with van der Waals surface area (Å²) >= 11 is 6.00. The summed E-state index contributed by atoms with van der Waals surface area (Å²) in [7, 11) is 3.18. The van der Waals surface area contributed by atoms with Gasteiger partial charge in [0.25, 0.3) is 0 Å². The lowest BCUT2D eigenvalue weighted by Crippen LogP contribution is -1.99. The number of hydrogen-bond donors (Lipinski definition) is 0. The van der Waals surface area contributed by atoms with Crippen LogP contribution in [0.15, 0.2) is 72.8 Å². The van der Waals surface area contributed by atoms with E-state index in [1.807, 2.05) is 30.3 Å². The van der Waals surface area contributed by atoms with Crippen LogP contribution in [0, 0.1) is 0 Å². The standard InChI is InChI=1S/C24H21ClO4/c1-27-21-7-3-5-18(14-21)23(26)11-9-17-10-12-24(28-2)19(13-17)16-29-22-8-4-6-20(25)15-22/h3-15H,16H2,1-2H3/b11-9+. The first-order chi connectivity index (χ1) is 14.1. The van der Waals surface area contributed by atoms with Crippen LogP contribution >= 0.6 is 11.6 Å². The van der Waals surface area contributed by atoms with Crippen molar-refractivity contribution in [1.29, 1.82) is 0 Å². The molecule has 0 N–H and O–H groups in total. The molecule has 0 aliphatic rings. The van der Waals surface area contributed by atoms with Crippen molar-refractivity contribution in [3.8, 4) is 17.2 Å². The maximum Gasteiger partial charge on any atom is 0.185 e. The van der Waals surface area contributed by atoms with Gasteiger partial charge < -0.3 is 14.2 Å². The number of carbonyl (C=O) groups excluding carboxylic acids is 1. The predicted molar refractivity (Wildman–Crippen MR) is 115 cm³/mol. The van der Waals surface area contributed by atoms with Crippen molar-refractivity contribution < 1.29 is 19.0 Å². The summed E-state index contributed by atoms with van der Waals surface area (Å²) in [4.78, 5) is 12.4. The number of ketones is 1. The Morgan fingerprint density at radius 2 is 1.72 bits per heavy atom. The van der Waals surface area contributed by atoms with Crippen molar-refractivity contribution in [3.63, 3.8) is 0 Å². The quantitative estimate of drug-likeness (QED) is 0.347. The second-order valence-electron chi connectivity index (χ2n) is 6.25. The Hall–Kier alpha value is -3.24. The first kappa shape index (κ1) is 20.5. The van der Waals surface area contributed by atoms with Crippen LogP contribution in [-0.2, 0) is 6.61 Å². The predicted octanol–water partition coefficient (Wildman–Crippen LogP) is 5.83. The summed E-state index contributed by atoms with van der Waals surface area (Å²) in [6, 6.07) is 20.0. The molecule has 3 aromatic carbocycles. The van der Waals surface area contributed by atoms with Gasteiger partial charge in [-0.2, -0.15) is 0 Å². The maximum atomic E-state index is 12.4. The molecule has 0 aliphatic heterocycles. The molecule has 0 radical (unpaired) electrons. The first-order valence-electron chi connectivity index (χ1n) is 9.01. The third-order valence-electron chi connectivity index (χ3n) is 4.28. The zero-order valence-corrected chi connectivity index (χ0v) is 17.0. The van der Waals surface area contributed by atoms with Gasteiger partial charge in [-0.05, 0) is 54.1 Å². The number of ether oxygens (including phenoxy) is 3. The SMILES string of the molecule is COc1cccc(C(=O)/C=C/c2ccc(OC)c(COc3cccc(Cl)c3)c2)c1. The van der Waals surface area contributed by atoms with Crippen LogP contribution in [0.25, 0.3) is 6.08 Å². The molecular weight excluding hydrogens is 388 g/mol. The van der Waals surface area contributed by atoms with Crippen molar-refractivity contribution in [1.82, 2.24) is 0 Å². The minimum atomic E-state index is -0.101. The van der Waals surface area contributed by atoms with E-state index in [-0.39, 0.29) is 5.78 Å². The summed E-state index contributed by atoms with van der Waals surface area (Å²) in [5.41, 5.74) is 2.30. The largest absolute Gasteiger partial charge is 0.497 e. The van der Waals surface area contributed by atoms with Gasteiger partial charge in [0.05, 0.1) is 14.2 Å². The molecule has 0 saturated heterocycles. The van der Waals surface area contributed by atoms with E-state index in [0.29, 0.717) is 34.4 Å². The normalized spacial score (nSPS) is 10.7. The van der Waals surface area contributed by atoms with Gasteiger partial charge in [-0.3, -0.25) is 4.79 Å². The molecule has 0 saturated carbocycles. The zero-order valence-electron chi connectivity index (χ0n) is 16.2.